The smallest absolute Gasteiger partial charge is 0.191 e. The summed E-state index contributed by atoms with van der Waals surface area (Å²) in [6.07, 6.45) is 0. The van der Waals surface area contributed by atoms with E-state index in [4.69, 9.17) is 0 Å². The van der Waals surface area contributed by atoms with Gasteiger partial charge in [-0.1, -0.05) is 13.8 Å². The van der Waals surface area contributed by atoms with E-state index in [2.05, 4.69) is 53.2 Å². The fourth-order valence-corrected chi connectivity index (χ4v) is 3.09. The summed E-state index contributed by atoms with van der Waals surface area (Å²) in [5.74, 6) is 0.833. The van der Waals surface area contributed by atoms with Gasteiger partial charge in [0.2, 0.25) is 0 Å². The molecule has 1 rings (SSSR count). The van der Waals surface area contributed by atoms with Gasteiger partial charge in [-0.3, -0.25) is 9.89 Å². The second-order valence-corrected chi connectivity index (χ2v) is 6.41. The Kier molecular flexibility index (Phi) is 11.0. The number of nitrogens with zero attached hydrogens (tertiary/aromatic N) is 3. The average molecular weight is 439 g/mol. The van der Waals surface area contributed by atoms with Gasteiger partial charge in [0.25, 0.3) is 0 Å². The van der Waals surface area contributed by atoms with Gasteiger partial charge in [0.1, 0.15) is 5.01 Å². The number of rotatable bonds is 7. The molecule has 128 valence electrons. The van der Waals surface area contributed by atoms with E-state index in [9.17, 15) is 0 Å². The van der Waals surface area contributed by atoms with Crippen molar-refractivity contribution < 1.29 is 0 Å². The molecular weight excluding hydrogens is 409 g/mol. The van der Waals surface area contributed by atoms with Crippen LogP contribution in [0.3, 0.4) is 0 Å². The number of halogens is 1. The van der Waals surface area contributed by atoms with Crippen molar-refractivity contribution in [1.82, 2.24) is 20.5 Å². The number of nitrogens with one attached hydrogen (secondary N) is 2. The van der Waals surface area contributed by atoms with E-state index < -0.39 is 0 Å². The summed E-state index contributed by atoms with van der Waals surface area (Å²) >= 11 is 1.74. The molecule has 0 aliphatic heterocycles. The standard InChI is InChI=1S/C15H29N5S.HI/c1-7-20(8-2)11(3)9-17-15(16-6)18-10-14-19-12(4)13(5)21-14;/h11H,7-10H2,1-6H3,(H2,16,17,18);1H. The number of aliphatic imine (C=N–C) groups is 1. The van der Waals surface area contributed by atoms with Crippen LogP contribution in [0.5, 0.6) is 0 Å². The van der Waals surface area contributed by atoms with Crippen LogP contribution in [0, 0.1) is 13.8 Å². The molecule has 0 amide bonds. The minimum Gasteiger partial charge on any atom is -0.355 e. The summed E-state index contributed by atoms with van der Waals surface area (Å²) in [4.78, 5) is 12.5. The normalized spacial score (nSPS) is 13.0. The quantitative estimate of drug-likeness (QED) is 0.390. The zero-order chi connectivity index (χ0) is 15.8. The zero-order valence-corrected chi connectivity index (χ0v) is 17.7. The number of hydrogen-bond acceptors (Lipinski definition) is 4. The topological polar surface area (TPSA) is 52.5 Å². The average Bonchev–Trinajstić information content (AvgIpc) is 2.79. The van der Waals surface area contributed by atoms with Gasteiger partial charge in [-0.05, 0) is 33.9 Å². The van der Waals surface area contributed by atoms with Crippen molar-refractivity contribution in [2.24, 2.45) is 4.99 Å². The van der Waals surface area contributed by atoms with Gasteiger partial charge < -0.3 is 10.6 Å². The molecule has 0 aliphatic carbocycles. The maximum absolute atomic E-state index is 4.53. The highest BCUT2D eigenvalue weighted by Gasteiger charge is 2.10. The summed E-state index contributed by atoms with van der Waals surface area (Å²) in [5.41, 5.74) is 1.12. The lowest BCUT2D eigenvalue weighted by Crippen LogP contribution is -2.45. The van der Waals surface area contributed by atoms with Crippen LogP contribution in [-0.4, -0.2) is 48.6 Å². The lowest BCUT2D eigenvalue weighted by Gasteiger charge is -2.27. The van der Waals surface area contributed by atoms with Crippen LogP contribution in [0.25, 0.3) is 0 Å². The monoisotopic (exact) mass is 439 g/mol. The number of aryl methyl sites for hydroxylation is 2. The van der Waals surface area contributed by atoms with Crippen molar-refractivity contribution in [3.8, 4) is 0 Å². The lowest BCUT2D eigenvalue weighted by atomic mass is 10.3. The van der Waals surface area contributed by atoms with Crippen LogP contribution < -0.4 is 10.6 Å². The van der Waals surface area contributed by atoms with Crippen molar-refractivity contribution >= 4 is 41.3 Å². The molecule has 0 saturated carbocycles. The van der Waals surface area contributed by atoms with Crippen molar-refractivity contribution in [1.29, 1.82) is 0 Å². The zero-order valence-electron chi connectivity index (χ0n) is 14.6. The van der Waals surface area contributed by atoms with Crippen LogP contribution in [0.1, 0.15) is 36.3 Å². The van der Waals surface area contributed by atoms with Gasteiger partial charge >= 0.3 is 0 Å². The van der Waals surface area contributed by atoms with E-state index in [1.165, 1.54) is 4.88 Å². The van der Waals surface area contributed by atoms with Gasteiger partial charge in [0.05, 0.1) is 12.2 Å². The third kappa shape index (κ3) is 6.78. The molecular formula is C15H30IN5S. The second-order valence-electron chi connectivity index (χ2n) is 5.13. The summed E-state index contributed by atoms with van der Waals surface area (Å²) in [6.45, 7) is 14.5. The molecule has 1 aromatic heterocycles. The minimum atomic E-state index is 0. The molecule has 0 aromatic carbocycles. The molecule has 5 nitrogen and oxygen atoms in total. The molecule has 7 heteroatoms. The number of thiazole rings is 1. The van der Waals surface area contributed by atoms with E-state index in [1.807, 2.05) is 6.92 Å². The number of likely N-dealkylation sites (N-methyl/N-ethyl adjacent to an activating group) is 1. The summed E-state index contributed by atoms with van der Waals surface area (Å²) in [7, 11) is 1.80. The van der Waals surface area contributed by atoms with Crippen LogP contribution in [0.4, 0.5) is 0 Å². The van der Waals surface area contributed by atoms with E-state index in [0.717, 1.165) is 42.8 Å². The molecule has 2 N–H and O–H groups in total. The third-order valence-electron chi connectivity index (χ3n) is 3.70. The predicted molar refractivity (Wildman–Crippen MR) is 108 cm³/mol. The Morgan fingerprint density at radius 3 is 2.36 bits per heavy atom. The number of aromatic nitrogens is 1. The first-order valence-corrected chi connectivity index (χ1v) is 8.44. The molecule has 22 heavy (non-hydrogen) atoms. The first kappa shape index (κ1) is 21.6. The molecule has 0 fully saturated rings. The Balaban J connectivity index is 0.00000441. The fourth-order valence-electron chi connectivity index (χ4n) is 2.22. The SMILES string of the molecule is CCN(CC)C(C)CNC(=NC)NCc1nc(C)c(C)s1.I. The Morgan fingerprint density at radius 1 is 1.27 bits per heavy atom. The molecule has 1 aromatic rings. The molecule has 1 unspecified atom stereocenters. The van der Waals surface area contributed by atoms with Crippen LogP contribution in [-0.2, 0) is 6.54 Å². The number of hydrogen-bond donors (Lipinski definition) is 2. The summed E-state index contributed by atoms with van der Waals surface area (Å²) < 4.78 is 0. The molecule has 0 saturated heterocycles. The van der Waals surface area contributed by atoms with Crippen molar-refractivity contribution in [2.45, 2.75) is 47.2 Å². The Morgan fingerprint density at radius 2 is 1.91 bits per heavy atom. The van der Waals surface area contributed by atoms with E-state index in [0.29, 0.717) is 6.04 Å². The van der Waals surface area contributed by atoms with E-state index >= 15 is 0 Å². The van der Waals surface area contributed by atoms with Gasteiger partial charge in [-0.2, -0.15) is 0 Å². The highest BCUT2D eigenvalue weighted by atomic mass is 127. The largest absolute Gasteiger partial charge is 0.355 e. The molecule has 0 aliphatic rings. The van der Waals surface area contributed by atoms with Crippen LogP contribution in [0.2, 0.25) is 0 Å². The minimum absolute atomic E-state index is 0. The maximum atomic E-state index is 4.53. The van der Waals surface area contributed by atoms with Gasteiger partial charge in [-0.25, -0.2) is 4.98 Å². The van der Waals surface area contributed by atoms with Gasteiger partial charge in [-0.15, -0.1) is 35.3 Å². The van der Waals surface area contributed by atoms with Crippen molar-refractivity contribution in [3.05, 3.63) is 15.6 Å². The Hall–Kier alpha value is -0.410. The lowest BCUT2D eigenvalue weighted by molar-refractivity contribution is 0.231. The second kappa shape index (κ2) is 11.2. The summed E-state index contributed by atoms with van der Waals surface area (Å²) in [5, 5.41) is 7.81. The molecule has 0 bridgehead atoms. The molecule has 1 atom stereocenters. The summed E-state index contributed by atoms with van der Waals surface area (Å²) in [6, 6.07) is 0.489. The molecule has 0 radical (unpaired) electrons. The third-order valence-corrected chi connectivity index (χ3v) is 4.78. The van der Waals surface area contributed by atoms with Crippen LogP contribution >= 0.6 is 35.3 Å². The van der Waals surface area contributed by atoms with Gasteiger partial charge in [0, 0.05) is 24.5 Å². The van der Waals surface area contributed by atoms with Crippen molar-refractivity contribution in [3.63, 3.8) is 0 Å². The highest BCUT2D eigenvalue weighted by Crippen LogP contribution is 2.15. The first-order chi connectivity index (χ1) is 10.0. The predicted octanol–water partition coefficient (Wildman–Crippen LogP) is 2.77. The van der Waals surface area contributed by atoms with Crippen LogP contribution in [0.15, 0.2) is 4.99 Å². The fraction of sp³-hybridized carbons (Fsp3) is 0.733. The van der Waals surface area contributed by atoms with E-state index in [-0.39, 0.29) is 24.0 Å². The molecule has 0 spiro atoms. The van der Waals surface area contributed by atoms with Crippen molar-refractivity contribution in [2.75, 3.05) is 26.7 Å². The Bertz CT molecular complexity index is 437. The first-order valence-electron chi connectivity index (χ1n) is 7.63. The van der Waals surface area contributed by atoms with E-state index in [1.54, 1.807) is 18.4 Å². The van der Waals surface area contributed by atoms with Gasteiger partial charge in [0.15, 0.2) is 5.96 Å². The Labute approximate surface area is 156 Å². The highest BCUT2D eigenvalue weighted by molar-refractivity contribution is 14.0. The molecule has 1 heterocycles. The maximum Gasteiger partial charge on any atom is 0.191 e. The number of guanidine groups is 1.